The number of Topliss-reactive ketones (excluding diaryl/α,β-unsaturated/α-hetero) is 1. The number of rotatable bonds is 3. The molecule has 0 spiro atoms. The Labute approximate surface area is 144 Å². The van der Waals surface area contributed by atoms with Gasteiger partial charge in [0.25, 0.3) is 0 Å². The van der Waals surface area contributed by atoms with Crippen molar-refractivity contribution in [2.24, 2.45) is 0 Å². The first kappa shape index (κ1) is 19.5. The Hall–Kier alpha value is -1.53. The number of ketones is 1. The highest BCUT2D eigenvalue weighted by molar-refractivity contribution is 6.33. The molecule has 0 fully saturated rings. The summed E-state index contributed by atoms with van der Waals surface area (Å²) in [4.78, 5) is 12.3. The molecule has 0 saturated heterocycles. The predicted molar refractivity (Wildman–Crippen MR) is 94.2 cm³/mol. The van der Waals surface area contributed by atoms with Gasteiger partial charge in [0, 0.05) is 5.92 Å². The van der Waals surface area contributed by atoms with Crippen LogP contribution < -0.4 is 0 Å². The first-order valence-corrected chi connectivity index (χ1v) is 8.19. The van der Waals surface area contributed by atoms with E-state index in [1.165, 1.54) is 0 Å². The number of alkyl halides is 1. The molecular weight excluding hydrogens is 310 g/mol. The fourth-order valence-electron chi connectivity index (χ4n) is 2.50. The summed E-state index contributed by atoms with van der Waals surface area (Å²) < 4.78 is 0. The smallest absolute Gasteiger partial charge is 0.179 e. The van der Waals surface area contributed by atoms with Crippen molar-refractivity contribution in [3.63, 3.8) is 0 Å². The van der Waals surface area contributed by atoms with Crippen molar-refractivity contribution < 1.29 is 9.90 Å². The number of phenols is 1. The van der Waals surface area contributed by atoms with Gasteiger partial charge in [-0.25, -0.2) is 0 Å². The largest absolute Gasteiger partial charge is 0.507 e. The molecule has 4 heteroatoms. The van der Waals surface area contributed by atoms with Gasteiger partial charge in [-0.1, -0.05) is 72.2 Å². The van der Waals surface area contributed by atoms with E-state index in [0.29, 0.717) is 0 Å². The molecule has 0 amide bonds. The molecule has 0 aliphatic rings. The molecule has 1 aromatic rings. The van der Waals surface area contributed by atoms with Gasteiger partial charge in [0.05, 0.1) is 6.07 Å². The third-order valence-corrected chi connectivity index (χ3v) is 4.35. The molecule has 0 bridgehead atoms. The normalized spacial score (nSPS) is 14.9. The second-order valence-electron chi connectivity index (χ2n) is 8.08. The topological polar surface area (TPSA) is 61.1 Å². The van der Waals surface area contributed by atoms with E-state index >= 15 is 0 Å². The third kappa shape index (κ3) is 4.26. The summed E-state index contributed by atoms with van der Waals surface area (Å²) in [6, 6.07) is 5.49. The molecule has 0 aliphatic heterocycles. The maximum Gasteiger partial charge on any atom is 0.179 e. The molecule has 2 unspecified atom stereocenters. The average Bonchev–Trinajstić information content (AvgIpc) is 2.42. The summed E-state index contributed by atoms with van der Waals surface area (Å²) in [6.07, 6.45) is 0. The second kappa shape index (κ2) is 6.53. The first-order valence-electron chi connectivity index (χ1n) is 7.76. The molecule has 126 valence electrons. The monoisotopic (exact) mass is 335 g/mol. The quantitative estimate of drug-likeness (QED) is 0.808. The highest BCUT2D eigenvalue weighted by atomic mass is 35.5. The van der Waals surface area contributed by atoms with Crippen LogP contribution in [0.1, 0.15) is 71.1 Å². The summed E-state index contributed by atoms with van der Waals surface area (Å²) >= 11 is 5.79. The van der Waals surface area contributed by atoms with Crippen LogP contribution in [0, 0.1) is 11.3 Å². The van der Waals surface area contributed by atoms with Crippen LogP contribution in [0.15, 0.2) is 12.1 Å². The van der Waals surface area contributed by atoms with Crippen LogP contribution in [0.4, 0.5) is 0 Å². The number of halogens is 1. The zero-order chi connectivity index (χ0) is 18.2. The van der Waals surface area contributed by atoms with Gasteiger partial charge in [-0.15, -0.1) is 0 Å². The van der Waals surface area contributed by atoms with Crippen molar-refractivity contribution in [1.82, 2.24) is 0 Å². The third-order valence-electron chi connectivity index (χ3n) is 4.04. The van der Waals surface area contributed by atoms with Gasteiger partial charge in [0.1, 0.15) is 5.75 Å². The molecule has 0 saturated carbocycles. The van der Waals surface area contributed by atoms with Crippen LogP contribution in [-0.2, 0) is 15.6 Å². The van der Waals surface area contributed by atoms with Gasteiger partial charge in [-0.2, -0.15) is 5.26 Å². The van der Waals surface area contributed by atoms with Crippen molar-refractivity contribution in [1.29, 1.82) is 5.26 Å². The minimum Gasteiger partial charge on any atom is -0.507 e. The van der Waals surface area contributed by atoms with E-state index < -0.39 is 11.3 Å². The van der Waals surface area contributed by atoms with Gasteiger partial charge in [-0.05, 0) is 27.5 Å². The molecule has 0 radical (unpaired) electrons. The van der Waals surface area contributed by atoms with E-state index in [-0.39, 0.29) is 22.4 Å². The van der Waals surface area contributed by atoms with Crippen LogP contribution in [0.3, 0.4) is 0 Å². The van der Waals surface area contributed by atoms with Gasteiger partial charge < -0.3 is 5.11 Å². The Balaban J connectivity index is 3.57. The number of hydrogen-bond acceptors (Lipinski definition) is 3. The fourth-order valence-corrected chi connectivity index (χ4v) is 2.69. The van der Waals surface area contributed by atoms with Gasteiger partial charge in [0.2, 0.25) is 0 Å². The second-order valence-corrected chi connectivity index (χ2v) is 8.52. The van der Waals surface area contributed by atoms with E-state index in [0.717, 1.165) is 16.7 Å². The molecule has 1 aromatic carbocycles. The van der Waals surface area contributed by atoms with Crippen molar-refractivity contribution in [3.8, 4) is 11.8 Å². The predicted octanol–water partition coefficient (Wildman–Crippen LogP) is 4.79. The minimum absolute atomic E-state index is 0.265. The van der Waals surface area contributed by atoms with Crippen molar-refractivity contribution >= 4 is 17.4 Å². The molecule has 23 heavy (non-hydrogen) atoms. The van der Waals surface area contributed by atoms with Crippen molar-refractivity contribution in [2.45, 2.75) is 70.6 Å². The summed E-state index contributed by atoms with van der Waals surface area (Å²) in [6.45, 7) is 13.9. The maximum atomic E-state index is 12.3. The summed E-state index contributed by atoms with van der Waals surface area (Å²) in [5, 5.41) is 18.4. The summed E-state index contributed by atoms with van der Waals surface area (Å²) in [5.41, 5.74) is 1.84. The van der Waals surface area contributed by atoms with Crippen molar-refractivity contribution in [2.75, 3.05) is 0 Å². The number of phenolic OH excluding ortho intramolecular Hbond substituents is 1. The lowest BCUT2D eigenvalue weighted by Crippen LogP contribution is -2.22. The Kier molecular flexibility index (Phi) is 5.54. The summed E-state index contributed by atoms with van der Waals surface area (Å²) in [7, 11) is 0. The zero-order valence-electron chi connectivity index (χ0n) is 15.0. The molecule has 1 N–H and O–H groups in total. The van der Waals surface area contributed by atoms with Gasteiger partial charge in [-0.3, -0.25) is 4.79 Å². The highest BCUT2D eigenvalue weighted by Crippen LogP contribution is 2.41. The van der Waals surface area contributed by atoms with Gasteiger partial charge in [0.15, 0.2) is 11.2 Å². The number of carbonyl (C=O) groups excluding carboxylic acids is 1. The van der Waals surface area contributed by atoms with E-state index in [2.05, 4.69) is 0 Å². The van der Waals surface area contributed by atoms with E-state index in [1.54, 1.807) is 13.0 Å². The molecule has 3 nitrogen and oxygen atoms in total. The van der Waals surface area contributed by atoms with Crippen LogP contribution in [0.25, 0.3) is 0 Å². The maximum absolute atomic E-state index is 12.3. The fraction of sp³-hybridized carbons (Fsp3) is 0.579. The number of hydrogen-bond donors (Lipinski definition) is 1. The Morgan fingerprint density at radius 3 is 1.83 bits per heavy atom. The Morgan fingerprint density at radius 1 is 1.13 bits per heavy atom. The molecular formula is C19H26ClNO2. The SMILES string of the molecule is CC(C(=O)C(Cl)C#N)c1cc(C(C)(C)C)c(O)c(C(C)(C)C)c1. The number of carbonyl (C=O) groups is 1. The average molecular weight is 336 g/mol. The van der Waals surface area contributed by atoms with Crippen LogP contribution >= 0.6 is 11.6 Å². The molecule has 0 aliphatic carbocycles. The number of benzene rings is 1. The molecule has 0 heterocycles. The number of aromatic hydroxyl groups is 1. The number of nitrogens with zero attached hydrogens (tertiary/aromatic N) is 1. The standard InChI is InChI=1S/C19H26ClNO2/c1-11(16(22)15(20)10-21)12-8-13(18(2,3)4)17(23)14(9-12)19(5,6)7/h8-9,11,15,23H,1-7H3. The molecule has 2 atom stereocenters. The van der Waals surface area contributed by atoms with E-state index in [4.69, 9.17) is 16.9 Å². The van der Waals surface area contributed by atoms with Crippen LogP contribution in [0.5, 0.6) is 5.75 Å². The summed E-state index contributed by atoms with van der Waals surface area (Å²) in [5.74, 6) is -0.546. The molecule has 0 aromatic heterocycles. The minimum atomic E-state index is -1.16. The van der Waals surface area contributed by atoms with Crippen LogP contribution in [-0.4, -0.2) is 16.3 Å². The van der Waals surface area contributed by atoms with E-state index in [1.807, 2.05) is 53.7 Å². The van der Waals surface area contributed by atoms with Crippen LogP contribution in [0.2, 0.25) is 0 Å². The number of nitriles is 1. The van der Waals surface area contributed by atoms with Crippen molar-refractivity contribution in [3.05, 3.63) is 28.8 Å². The Bertz CT molecular complexity index is 610. The van der Waals surface area contributed by atoms with E-state index in [9.17, 15) is 9.90 Å². The lowest BCUT2D eigenvalue weighted by atomic mass is 9.76. The lowest BCUT2D eigenvalue weighted by molar-refractivity contribution is -0.118. The van der Waals surface area contributed by atoms with Gasteiger partial charge >= 0.3 is 0 Å². The first-order chi connectivity index (χ1) is 10.3. The molecule has 1 rings (SSSR count). The Morgan fingerprint density at radius 2 is 1.52 bits per heavy atom. The highest BCUT2D eigenvalue weighted by Gasteiger charge is 2.30. The zero-order valence-corrected chi connectivity index (χ0v) is 15.7. The lowest BCUT2D eigenvalue weighted by Gasteiger charge is -2.29.